The first-order chi connectivity index (χ1) is 20.6. The molecule has 1 aromatic heterocycles. The van der Waals surface area contributed by atoms with Crippen LogP contribution in [0.4, 0.5) is 5.69 Å². The summed E-state index contributed by atoms with van der Waals surface area (Å²) in [4.78, 5) is 54.1. The Morgan fingerprint density at radius 3 is 2.41 bits per heavy atom. The second-order valence-electron chi connectivity index (χ2n) is 11.7. The largest absolute Gasteiger partial charge is 0.508 e. The lowest BCUT2D eigenvalue weighted by Crippen LogP contribution is -2.70. The quantitative estimate of drug-likeness (QED) is 0.169. The van der Waals surface area contributed by atoms with Crippen molar-refractivity contribution >= 4 is 34.8 Å². The van der Waals surface area contributed by atoms with Crippen molar-refractivity contribution in [1.29, 1.82) is 0 Å². The molecule has 6 unspecified atom stereocenters. The average molecular weight is 611 g/mol. The van der Waals surface area contributed by atoms with Crippen LogP contribution in [-0.4, -0.2) is 100 Å². The first-order valence-electron chi connectivity index (χ1n) is 14.0. The summed E-state index contributed by atoms with van der Waals surface area (Å²) in [5.74, 6) is -9.99. The summed E-state index contributed by atoms with van der Waals surface area (Å²) < 4.78 is 1.56. The number of Topliss-reactive ketones (excluding diaryl/α,β-unsaturated/α-hetero) is 2. The minimum Gasteiger partial charge on any atom is -0.508 e. The summed E-state index contributed by atoms with van der Waals surface area (Å²) in [5, 5.41) is 67.7. The Balaban J connectivity index is 1.65. The number of benzene rings is 1. The van der Waals surface area contributed by atoms with Crippen molar-refractivity contribution < 1.29 is 44.7 Å². The number of rotatable bonds is 6. The van der Waals surface area contributed by atoms with Crippen LogP contribution in [0.5, 0.6) is 5.75 Å². The lowest BCUT2D eigenvalue weighted by Gasteiger charge is -2.53. The molecule has 234 valence electrons. The van der Waals surface area contributed by atoms with E-state index in [2.05, 4.69) is 15.5 Å². The number of nitrogens with zero attached hydrogens (tertiary/aromatic N) is 4. The summed E-state index contributed by atoms with van der Waals surface area (Å²) in [7, 11) is 2.87. The van der Waals surface area contributed by atoms with Gasteiger partial charge < -0.3 is 41.2 Å². The fourth-order valence-electron chi connectivity index (χ4n) is 7.05. The van der Waals surface area contributed by atoms with Gasteiger partial charge in [-0.15, -0.1) is 10.2 Å². The third kappa shape index (κ3) is 4.07. The molecule has 0 bridgehead atoms. The number of fused-ring (bicyclic) bond motifs is 3. The van der Waals surface area contributed by atoms with Gasteiger partial charge in [0.05, 0.1) is 29.3 Å². The normalized spacial score (nSPS) is 28.9. The number of nitrogens with one attached hydrogen (secondary N) is 1. The number of nitrogens with two attached hydrogens (primary N) is 1. The number of ketones is 2. The van der Waals surface area contributed by atoms with E-state index in [0.717, 1.165) is 0 Å². The van der Waals surface area contributed by atoms with Crippen LogP contribution in [0, 0.1) is 18.8 Å². The van der Waals surface area contributed by atoms with Gasteiger partial charge in [0.15, 0.2) is 11.4 Å². The van der Waals surface area contributed by atoms with Crippen LogP contribution in [0.25, 0.3) is 5.76 Å². The molecule has 3 aliphatic carbocycles. The predicted molar refractivity (Wildman–Crippen MR) is 153 cm³/mol. The van der Waals surface area contributed by atoms with E-state index in [0.29, 0.717) is 17.8 Å². The zero-order chi connectivity index (χ0) is 32.6. The van der Waals surface area contributed by atoms with Crippen LogP contribution in [0.2, 0.25) is 0 Å². The Morgan fingerprint density at radius 2 is 1.86 bits per heavy atom. The van der Waals surface area contributed by atoms with Crippen LogP contribution >= 0.6 is 0 Å². The number of anilines is 1. The second-order valence-corrected chi connectivity index (χ2v) is 11.7. The number of hydrogen-bond acceptors (Lipinski definition) is 12. The number of carbonyl (C=O) groups excluding carboxylic acids is 4. The highest BCUT2D eigenvalue weighted by Gasteiger charge is 2.68. The number of phenolic OH excluding ortho intramolecular Hbond substituents is 1. The number of phenols is 1. The van der Waals surface area contributed by atoms with Gasteiger partial charge in [0.25, 0.3) is 5.91 Å². The summed E-state index contributed by atoms with van der Waals surface area (Å²) in [5.41, 5.74) is 0.799. The fourth-order valence-corrected chi connectivity index (χ4v) is 7.05. The van der Waals surface area contributed by atoms with E-state index < -0.39 is 93.3 Å². The number of hydrogen-bond donors (Lipinski definition) is 7. The maximum absolute atomic E-state index is 14.1. The zero-order valence-corrected chi connectivity index (χ0v) is 24.6. The molecule has 3 aliphatic rings. The lowest BCUT2D eigenvalue weighted by molar-refractivity contribution is -0.169. The monoisotopic (exact) mass is 610 g/mol. The smallest absolute Gasteiger partial charge is 0.255 e. The van der Waals surface area contributed by atoms with Crippen LogP contribution < -0.4 is 11.1 Å². The van der Waals surface area contributed by atoms with Gasteiger partial charge in [0, 0.05) is 11.5 Å². The molecule has 1 saturated carbocycles. The van der Waals surface area contributed by atoms with Crippen molar-refractivity contribution in [2.24, 2.45) is 17.6 Å². The molecule has 1 aromatic carbocycles. The van der Waals surface area contributed by atoms with Crippen molar-refractivity contribution in [1.82, 2.24) is 19.7 Å². The van der Waals surface area contributed by atoms with Gasteiger partial charge in [0.2, 0.25) is 11.7 Å². The number of amides is 2. The van der Waals surface area contributed by atoms with Gasteiger partial charge in [0.1, 0.15) is 41.0 Å². The molecule has 1 heterocycles. The fraction of sp³-hybridized carbons (Fsp3) is 0.448. The van der Waals surface area contributed by atoms with Crippen LogP contribution in [0.3, 0.4) is 0 Å². The SMILES string of the molecule is CCC(C(=O)Nc1ccc2c(c1O)C(O)=C1C(=O)C3(O)C(O)=C(C(N)=O)C(=O)[C@@H](N(C)C)C3C(O)C1C2C)n1cnnc1C. The summed E-state index contributed by atoms with van der Waals surface area (Å²) >= 11 is 0. The van der Waals surface area contributed by atoms with Crippen molar-refractivity contribution in [2.75, 3.05) is 19.4 Å². The molecule has 8 N–H and O–H groups in total. The maximum atomic E-state index is 14.1. The van der Waals surface area contributed by atoms with E-state index in [9.17, 15) is 44.7 Å². The molecule has 1 fully saturated rings. The minimum atomic E-state index is -3.02. The number of aryl methyl sites for hydroxylation is 1. The van der Waals surface area contributed by atoms with Gasteiger partial charge in [-0.3, -0.25) is 24.1 Å². The Kier molecular flexibility index (Phi) is 7.39. The van der Waals surface area contributed by atoms with Crippen molar-refractivity contribution in [3.63, 3.8) is 0 Å². The van der Waals surface area contributed by atoms with E-state index >= 15 is 0 Å². The molecule has 0 saturated heterocycles. The van der Waals surface area contributed by atoms with Crippen molar-refractivity contribution in [2.45, 2.75) is 56.9 Å². The van der Waals surface area contributed by atoms with Crippen molar-refractivity contribution in [3.8, 4) is 5.75 Å². The van der Waals surface area contributed by atoms with E-state index in [-0.39, 0.29) is 11.3 Å². The Bertz CT molecular complexity index is 1680. The molecule has 0 spiro atoms. The first kappa shape index (κ1) is 30.8. The number of likely N-dealkylation sites (N-methyl/N-ethyl adjacent to an activating group) is 1. The molecule has 2 amide bonds. The maximum Gasteiger partial charge on any atom is 0.255 e. The number of aromatic nitrogens is 3. The van der Waals surface area contributed by atoms with Crippen LogP contribution in [0.15, 0.2) is 35.4 Å². The Labute approximate surface area is 251 Å². The van der Waals surface area contributed by atoms with Gasteiger partial charge in [-0.1, -0.05) is 19.9 Å². The molecular weight excluding hydrogens is 576 g/mol. The number of carbonyl (C=O) groups is 4. The van der Waals surface area contributed by atoms with Crippen molar-refractivity contribution in [3.05, 3.63) is 52.3 Å². The molecular formula is C29H34N6O9. The summed E-state index contributed by atoms with van der Waals surface area (Å²) in [6.45, 7) is 5.08. The van der Waals surface area contributed by atoms with E-state index in [1.807, 2.05) is 0 Å². The molecule has 0 aliphatic heterocycles. The Morgan fingerprint density at radius 1 is 1.20 bits per heavy atom. The first-order valence-corrected chi connectivity index (χ1v) is 14.0. The minimum absolute atomic E-state index is 0.0918. The molecule has 15 heteroatoms. The zero-order valence-electron chi connectivity index (χ0n) is 24.6. The highest BCUT2D eigenvalue weighted by Crippen LogP contribution is 2.56. The van der Waals surface area contributed by atoms with Gasteiger partial charge in [-0.25, -0.2) is 0 Å². The third-order valence-electron chi connectivity index (χ3n) is 9.16. The van der Waals surface area contributed by atoms with Gasteiger partial charge in [-0.2, -0.15) is 0 Å². The van der Waals surface area contributed by atoms with Gasteiger partial charge >= 0.3 is 0 Å². The predicted octanol–water partition coefficient (Wildman–Crippen LogP) is -0.0145. The standard InChI is InChI=1S/C29H34N6O9/c1-6-14(35-9-31-33-11(35)3)28(43)32-13-8-7-12-10(2)15-17(22(37)16(12)21(13)36)25(40)29(44)19(23(15)38)20(34(4)5)24(39)18(26(29)41)27(30)42/h7-10,14-15,19-20,23,36-38,41,44H,6H2,1-5H3,(H2,30,42)(H,32,43)/t10?,14?,15?,19?,20-,23?,29?/m0/s1. The number of aliphatic hydroxyl groups is 4. The number of aliphatic hydroxyl groups excluding tert-OH is 3. The van der Waals surface area contributed by atoms with Crippen LogP contribution in [0.1, 0.15) is 49.2 Å². The highest BCUT2D eigenvalue weighted by molar-refractivity contribution is 6.24. The second kappa shape index (κ2) is 10.5. The molecule has 44 heavy (non-hydrogen) atoms. The third-order valence-corrected chi connectivity index (χ3v) is 9.16. The van der Waals surface area contributed by atoms with E-state index in [1.165, 1.54) is 37.5 Å². The summed E-state index contributed by atoms with van der Waals surface area (Å²) in [6, 6.07) is 0.760. The molecule has 15 nitrogen and oxygen atoms in total. The number of aromatic hydroxyl groups is 1. The number of primary amides is 1. The molecule has 7 atom stereocenters. The van der Waals surface area contributed by atoms with Gasteiger partial charge in [-0.05, 0) is 45.0 Å². The average Bonchev–Trinajstić information content (AvgIpc) is 3.37. The molecule has 5 rings (SSSR count). The topological polar surface area (TPSA) is 241 Å². The van der Waals surface area contributed by atoms with E-state index in [4.69, 9.17) is 5.73 Å². The highest BCUT2D eigenvalue weighted by atomic mass is 16.4. The lowest BCUT2D eigenvalue weighted by atomic mass is 9.54. The molecule has 2 aromatic rings. The molecule has 0 radical (unpaired) electrons. The Hall–Kier alpha value is -4.60. The summed E-state index contributed by atoms with van der Waals surface area (Å²) in [6.07, 6.45) is 0.0564. The van der Waals surface area contributed by atoms with Crippen LogP contribution in [-0.2, 0) is 19.2 Å². The van der Waals surface area contributed by atoms with E-state index in [1.54, 1.807) is 25.3 Å².